The fraction of sp³-hybridized carbons (Fsp3) is 0. The second-order valence-electron chi connectivity index (χ2n) is 24.6. The van der Waals surface area contributed by atoms with Gasteiger partial charge in [0.2, 0.25) is 0 Å². The lowest BCUT2D eigenvalue weighted by Crippen LogP contribution is -2.14. The first-order valence-corrected chi connectivity index (χ1v) is 32.4. The molecule has 0 saturated carbocycles. The second kappa shape index (κ2) is 22.8. The van der Waals surface area contributed by atoms with Crippen molar-refractivity contribution in [1.29, 1.82) is 5.26 Å². The van der Waals surface area contributed by atoms with Gasteiger partial charge < -0.3 is 13.7 Å². The zero-order valence-corrected chi connectivity index (χ0v) is 51.8. The molecule has 0 fully saturated rings. The molecule has 0 saturated heterocycles. The van der Waals surface area contributed by atoms with Crippen LogP contribution in [0.1, 0.15) is 5.56 Å². The topological polar surface area (TPSA) is 38.6 Å². The Morgan fingerprint density at radius 1 is 0.179 bits per heavy atom. The number of nitriles is 1. The molecule has 95 heavy (non-hydrogen) atoms. The molecule has 18 aromatic rings. The molecular formula is C91H58N4. The van der Waals surface area contributed by atoms with Gasteiger partial charge in [0.1, 0.15) is 6.07 Å². The summed E-state index contributed by atoms with van der Waals surface area (Å²) in [4.78, 5) is 0. The molecule has 0 aliphatic carbocycles. The lowest BCUT2D eigenvalue weighted by Gasteiger charge is -2.29. The van der Waals surface area contributed by atoms with E-state index in [1.165, 1.54) is 0 Å². The largest absolute Gasteiger partial charge is 0.308 e. The molecule has 3 aromatic heterocycles. The summed E-state index contributed by atoms with van der Waals surface area (Å²) in [6, 6.07) is 130. The third kappa shape index (κ3) is 9.20. The van der Waals surface area contributed by atoms with E-state index < -0.39 is 0 Å². The van der Waals surface area contributed by atoms with Gasteiger partial charge in [-0.15, -0.1) is 0 Å². The molecule has 0 aliphatic heterocycles. The summed E-state index contributed by atoms with van der Waals surface area (Å²) < 4.78 is 7.43. The number of hydrogen-bond acceptors (Lipinski definition) is 1. The summed E-state index contributed by atoms with van der Waals surface area (Å²) in [7, 11) is 0. The SMILES string of the molecule is N#Cc1c(-c2ccccc2)c(-n2c3ccc(-c4ccccc4)cc3c3cc(-c4ccccc4)ccc32)c(-c2ccccc2)c(-n2c3ccc(-c4ccccc4)cc3c3cc(-c4ccccc4)ccc32)c1-n1c2ccc(-c3ccccc3)cc2c2cc(-c3ccccc3)ccc21. The highest BCUT2D eigenvalue weighted by atomic mass is 15.1. The number of rotatable bonds is 11. The van der Waals surface area contributed by atoms with Crippen LogP contribution in [-0.2, 0) is 0 Å². The highest BCUT2D eigenvalue weighted by Crippen LogP contribution is 2.53. The summed E-state index contributed by atoms with van der Waals surface area (Å²) in [5.41, 5.74) is 26.2. The predicted octanol–water partition coefficient (Wildman–Crippen LogP) is 24.2. The first kappa shape index (κ1) is 55.1. The Kier molecular flexibility index (Phi) is 13.2. The van der Waals surface area contributed by atoms with Gasteiger partial charge in [-0.1, -0.05) is 279 Å². The lowest BCUT2D eigenvalue weighted by molar-refractivity contribution is 1.07. The van der Waals surface area contributed by atoms with E-state index in [1.54, 1.807) is 0 Å². The molecule has 4 heteroatoms. The molecule has 0 N–H and O–H groups in total. The van der Waals surface area contributed by atoms with E-state index in [-0.39, 0.29) is 0 Å². The van der Waals surface area contributed by atoms with Crippen LogP contribution in [0.2, 0.25) is 0 Å². The smallest absolute Gasteiger partial charge is 0.102 e. The molecule has 442 valence electrons. The van der Waals surface area contributed by atoms with Crippen molar-refractivity contribution < 1.29 is 0 Å². The summed E-state index contributed by atoms with van der Waals surface area (Å²) in [6.07, 6.45) is 0. The Bertz CT molecular complexity index is 5730. The maximum absolute atomic E-state index is 13.1. The number of aromatic nitrogens is 3. The van der Waals surface area contributed by atoms with Gasteiger partial charge in [0, 0.05) is 43.4 Å². The van der Waals surface area contributed by atoms with E-state index in [9.17, 15) is 5.26 Å². The summed E-state index contributed by atoms with van der Waals surface area (Å²) in [5.74, 6) is 0. The summed E-state index contributed by atoms with van der Waals surface area (Å²) in [5, 5.41) is 19.7. The van der Waals surface area contributed by atoms with Crippen LogP contribution in [0.15, 0.2) is 352 Å². The maximum Gasteiger partial charge on any atom is 0.102 e. The van der Waals surface area contributed by atoms with E-state index in [1.807, 2.05) is 0 Å². The first-order valence-electron chi connectivity index (χ1n) is 32.4. The molecule has 3 heterocycles. The van der Waals surface area contributed by atoms with E-state index >= 15 is 0 Å². The minimum atomic E-state index is 0.535. The minimum absolute atomic E-state index is 0.535. The number of benzene rings is 15. The zero-order valence-electron chi connectivity index (χ0n) is 51.8. The molecule has 15 aromatic carbocycles. The van der Waals surface area contributed by atoms with Gasteiger partial charge in [0.15, 0.2) is 0 Å². The quantitative estimate of drug-likeness (QED) is 0.127. The van der Waals surface area contributed by atoms with Crippen LogP contribution in [0.3, 0.4) is 0 Å². The van der Waals surface area contributed by atoms with Crippen LogP contribution < -0.4 is 0 Å². The average Bonchev–Trinajstić information content (AvgIpc) is 1.60. The van der Waals surface area contributed by atoms with E-state index in [0.717, 1.165) is 171 Å². The molecule has 18 rings (SSSR count). The van der Waals surface area contributed by atoms with Crippen molar-refractivity contribution >= 4 is 65.4 Å². The van der Waals surface area contributed by atoms with Gasteiger partial charge >= 0.3 is 0 Å². The van der Waals surface area contributed by atoms with Gasteiger partial charge in [-0.25, -0.2) is 0 Å². The summed E-state index contributed by atoms with van der Waals surface area (Å²) in [6.45, 7) is 0. The van der Waals surface area contributed by atoms with E-state index in [0.29, 0.717) is 5.56 Å². The van der Waals surface area contributed by atoms with Gasteiger partial charge in [0.25, 0.3) is 0 Å². The van der Waals surface area contributed by atoms with Crippen molar-refractivity contribution in [2.24, 2.45) is 0 Å². The van der Waals surface area contributed by atoms with Crippen molar-refractivity contribution in [1.82, 2.24) is 13.7 Å². The van der Waals surface area contributed by atoms with Crippen molar-refractivity contribution in [2.45, 2.75) is 0 Å². The van der Waals surface area contributed by atoms with Crippen LogP contribution in [0.25, 0.3) is 171 Å². The zero-order chi connectivity index (χ0) is 62.9. The molecule has 0 aliphatic rings. The fourth-order valence-electron chi connectivity index (χ4n) is 14.9. The normalized spacial score (nSPS) is 11.6. The fourth-order valence-corrected chi connectivity index (χ4v) is 14.9. The first-order chi connectivity index (χ1) is 47.1. The molecular weight excluding hydrogens is 1150 g/mol. The predicted molar refractivity (Wildman–Crippen MR) is 398 cm³/mol. The molecule has 0 spiro atoms. The van der Waals surface area contributed by atoms with Gasteiger partial charge in [-0.2, -0.15) is 5.26 Å². The van der Waals surface area contributed by atoms with Crippen molar-refractivity contribution in [3.8, 4) is 112 Å². The highest BCUT2D eigenvalue weighted by Gasteiger charge is 2.34. The van der Waals surface area contributed by atoms with Crippen molar-refractivity contribution in [3.63, 3.8) is 0 Å². The lowest BCUT2D eigenvalue weighted by atomic mass is 9.88. The Hall–Kier alpha value is -12.8. The average molecular weight is 1210 g/mol. The molecule has 0 bridgehead atoms. The Morgan fingerprint density at radius 3 is 0.611 bits per heavy atom. The Labute approximate surface area is 550 Å². The minimum Gasteiger partial charge on any atom is -0.308 e. The molecule has 4 nitrogen and oxygen atoms in total. The molecule has 0 radical (unpaired) electrons. The van der Waals surface area contributed by atoms with Gasteiger partial charge in [0.05, 0.1) is 55.7 Å². The van der Waals surface area contributed by atoms with Crippen LogP contribution in [0.5, 0.6) is 0 Å². The summed E-state index contributed by atoms with van der Waals surface area (Å²) >= 11 is 0. The monoisotopic (exact) mass is 1210 g/mol. The highest BCUT2D eigenvalue weighted by molar-refractivity contribution is 6.18. The maximum atomic E-state index is 13.1. The number of fused-ring (bicyclic) bond motifs is 9. The number of nitrogens with zero attached hydrogens (tertiary/aromatic N) is 4. The molecule has 0 unspecified atom stereocenters. The van der Waals surface area contributed by atoms with Crippen LogP contribution >= 0.6 is 0 Å². The van der Waals surface area contributed by atoms with Crippen LogP contribution in [-0.4, -0.2) is 13.7 Å². The van der Waals surface area contributed by atoms with E-state index in [2.05, 4.69) is 372 Å². The van der Waals surface area contributed by atoms with Crippen molar-refractivity contribution in [2.75, 3.05) is 0 Å². The molecule has 0 amide bonds. The third-order valence-electron chi connectivity index (χ3n) is 19.3. The van der Waals surface area contributed by atoms with Crippen LogP contribution in [0, 0.1) is 11.3 Å². The second-order valence-corrected chi connectivity index (χ2v) is 24.6. The Balaban J connectivity index is 1.08. The van der Waals surface area contributed by atoms with E-state index in [4.69, 9.17) is 0 Å². The molecule has 0 atom stereocenters. The van der Waals surface area contributed by atoms with Crippen LogP contribution in [0.4, 0.5) is 0 Å². The van der Waals surface area contributed by atoms with Gasteiger partial charge in [-0.05, 0) is 151 Å². The number of hydrogen-bond donors (Lipinski definition) is 0. The Morgan fingerprint density at radius 2 is 0.379 bits per heavy atom. The van der Waals surface area contributed by atoms with Gasteiger partial charge in [-0.3, -0.25) is 0 Å². The third-order valence-corrected chi connectivity index (χ3v) is 19.3. The standard InChI is InChI=1S/C91H58N4/c92-59-80-87(66-37-21-7-22-38-66)90(94-83-49-43-70(62-29-13-3-14-30-62)55-76(83)77-56-71(44-50-84(77)94)63-31-15-4-16-32-63)88(67-39-23-8-24-40-67)91(95-85-51-45-72(64-33-17-5-18-34-64)57-78(85)79-58-73(46-52-86(79)95)65-35-19-6-20-36-65)89(80)93-81-47-41-68(60-25-9-1-10-26-60)53-74(81)75-54-69(42-48-82(75)93)61-27-11-2-12-28-61/h1-58H. The van der Waals surface area contributed by atoms with Crippen molar-refractivity contribution in [3.05, 3.63) is 357 Å².